The third-order valence-electron chi connectivity index (χ3n) is 4.42. The zero-order chi connectivity index (χ0) is 14.5. The maximum atomic E-state index is 5.86. The zero-order valence-electron chi connectivity index (χ0n) is 12.9. The Labute approximate surface area is 127 Å². The van der Waals surface area contributed by atoms with Crippen LogP contribution in [0.15, 0.2) is 18.2 Å². The Kier molecular flexibility index (Phi) is 4.99. The van der Waals surface area contributed by atoms with Gasteiger partial charge in [-0.3, -0.25) is 0 Å². The first-order valence-corrected chi connectivity index (χ1v) is 8.17. The summed E-state index contributed by atoms with van der Waals surface area (Å²) >= 11 is 0. The van der Waals surface area contributed by atoms with Gasteiger partial charge in [0.15, 0.2) is 11.5 Å². The summed E-state index contributed by atoms with van der Waals surface area (Å²) < 4.78 is 11.6. The van der Waals surface area contributed by atoms with Crippen LogP contribution >= 0.6 is 0 Å². The van der Waals surface area contributed by atoms with Crippen LogP contribution in [0.2, 0.25) is 0 Å². The van der Waals surface area contributed by atoms with Crippen LogP contribution in [0.1, 0.15) is 25.3 Å². The number of hydrogen-bond acceptors (Lipinski definition) is 4. The largest absolute Gasteiger partial charge is 0.490 e. The molecule has 0 spiro atoms. The van der Waals surface area contributed by atoms with Crippen molar-refractivity contribution in [2.45, 2.75) is 26.3 Å². The average Bonchev–Trinajstić information content (AvgIpc) is 2.83. The van der Waals surface area contributed by atoms with Gasteiger partial charge in [-0.25, -0.2) is 0 Å². The molecule has 0 radical (unpaired) electrons. The summed E-state index contributed by atoms with van der Waals surface area (Å²) in [6.45, 7) is 9.34. The van der Waals surface area contributed by atoms with Crippen LogP contribution in [0.5, 0.6) is 11.5 Å². The van der Waals surface area contributed by atoms with Crippen LogP contribution in [-0.4, -0.2) is 44.3 Å². The van der Waals surface area contributed by atoms with E-state index < -0.39 is 0 Å². The third kappa shape index (κ3) is 3.69. The molecule has 4 nitrogen and oxygen atoms in total. The zero-order valence-corrected chi connectivity index (χ0v) is 12.9. The fourth-order valence-electron chi connectivity index (χ4n) is 3.17. The quantitative estimate of drug-likeness (QED) is 0.902. The van der Waals surface area contributed by atoms with Gasteiger partial charge in [0.25, 0.3) is 0 Å². The molecule has 1 saturated heterocycles. The highest BCUT2D eigenvalue weighted by Crippen LogP contribution is 2.33. The van der Waals surface area contributed by atoms with Crippen molar-refractivity contribution in [2.75, 3.05) is 39.4 Å². The molecule has 1 aromatic carbocycles. The second-order valence-electron chi connectivity index (χ2n) is 5.97. The van der Waals surface area contributed by atoms with Crippen LogP contribution in [-0.2, 0) is 6.54 Å². The van der Waals surface area contributed by atoms with Crippen LogP contribution in [0.3, 0.4) is 0 Å². The highest BCUT2D eigenvalue weighted by Gasteiger charge is 2.21. The van der Waals surface area contributed by atoms with E-state index in [4.69, 9.17) is 9.47 Å². The maximum Gasteiger partial charge on any atom is 0.165 e. The first-order chi connectivity index (χ1) is 10.4. The van der Waals surface area contributed by atoms with E-state index >= 15 is 0 Å². The molecular formula is C17H26N2O2. The van der Waals surface area contributed by atoms with Crippen molar-refractivity contribution >= 4 is 0 Å². The number of likely N-dealkylation sites (tertiary alicyclic amines) is 1. The fraction of sp³-hybridized carbons (Fsp3) is 0.647. The van der Waals surface area contributed by atoms with E-state index in [-0.39, 0.29) is 0 Å². The molecule has 2 aliphatic heterocycles. The molecule has 0 amide bonds. The molecule has 2 aliphatic rings. The lowest BCUT2D eigenvalue weighted by atomic mass is 10.1. The van der Waals surface area contributed by atoms with E-state index in [1.165, 1.54) is 31.6 Å². The molecule has 1 N–H and O–H groups in total. The lowest BCUT2D eigenvalue weighted by Crippen LogP contribution is -2.26. The molecule has 0 aliphatic carbocycles. The Morgan fingerprint density at radius 1 is 1.29 bits per heavy atom. The van der Waals surface area contributed by atoms with Gasteiger partial charge < -0.3 is 19.7 Å². The molecule has 1 unspecified atom stereocenters. The fourth-order valence-corrected chi connectivity index (χ4v) is 3.17. The minimum absolute atomic E-state index is 0.748. The molecule has 21 heavy (non-hydrogen) atoms. The molecule has 1 aromatic rings. The van der Waals surface area contributed by atoms with Gasteiger partial charge in [0.2, 0.25) is 0 Å². The summed E-state index contributed by atoms with van der Waals surface area (Å²) in [7, 11) is 0. The molecule has 2 heterocycles. The average molecular weight is 290 g/mol. The van der Waals surface area contributed by atoms with Gasteiger partial charge in [0.05, 0.1) is 13.2 Å². The first kappa shape index (κ1) is 14.7. The number of ether oxygens (including phenoxy) is 2. The summed E-state index contributed by atoms with van der Waals surface area (Å²) in [5.74, 6) is 2.61. The Morgan fingerprint density at radius 3 is 3.05 bits per heavy atom. The van der Waals surface area contributed by atoms with Gasteiger partial charge in [-0.05, 0) is 38.0 Å². The number of fused-ring (bicyclic) bond motifs is 1. The Balaban J connectivity index is 1.54. The Hall–Kier alpha value is -1.26. The predicted octanol–water partition coefficient (Wildman–Crippen LogP) is 2.28. The van der Waals surface area contributed by atoms with E-state index in [1.54, 1.807) is 0 Å². The standard InChI is InChI=1S/C17H26N2O2/c1-2-19-8-7-14(13-19)11-18-12-15-5-3-6-16-17(15)21-10-4-9-20-16/h3,5-6,14,18H,2,4,7-13H2,1H3. The first-order valence-electron chi connectivity index (χ1n) is 8.17. The number of benzene rings is 1. The van der Waals surface area contributed by atoms with Crippen molar-refractivity contribution in [2.24, 2.45) is 5.92 Å². The van der Waals surface area contributed by atoms with Crippen LogP contribution in [0, 0.1) is 5.92 Å². The van der Waals surface area contributed by atoms with Crippen molar-refractivity contribution in [3.8, 4) is 11.5 Å². The Morgan fingerprint density at radius 2 is 2.19 bits per heavy atom. The maximum absolute atomic E-state index is 5.86. The van der Waals surface area contributed by atoms with Crippen molar-refractivity contribution in [1.29, 1.82) is 0 Å². The second-order valence-corrected chi connectivity index (χ2v) is 5.97. The molecular weight excluding hydrogens is 264 g/mol. The van der Waals surface area contributed by atoms with E-state index in [0.29, 0.717) is 0 Å². The predicted molar refractivity (Wildman–Crippen MR) is 84.0 cm³/mol. The number of rotatable bonds is 5. The number of nitrogens with one attached hydrogen (secondary N) is 1. The van der Waals surface area contributed by atoms with Gasteiger partial charge in [0.1, 0.15) is 0 Å². The minimum atomic E-state index is 0.748. The summed E-state index contributed by atoms with van der Waals surface area (Å²) in [5.41, 5.74) is 1.21. The minimum Gasteiger partial charge on any atom is -0.490 e. The van der Waals surface area contributed by atoms with Gasteiger partial charge in [-0.2, -0.15) is 0 Å². The number of para-hydroxylation sites is 1. The highest BCUT2D eigenvalue weighted by atomic mass is 16.5. The third-order valence-corrected chi connectivity index (χ3v) is 4.42. The van der Waals surface area contributed by atoms with E-state index in [1.807, 2.05) is 6.07 Å². The SMILES string of the molecule is CCN1CCC(CNCc2cccc3c2OCCCO3)C1. The van der Waals surface area contributed by atoms with Crippen LogP contribution < -0.4 is 14.8 Å². The number of hydrogen-bond donors (Lipinski definition) is 1. The van der Waals surface area contributed by atoms with Gasteiger partial charge in [0, 0.05) is 25.1 Å². The van der Waals surface area contributed by atoms with E-state index in [0.717, 1.165) is 50.1 Å². The van der Waals surface area contributed by atoms with Crippen LogP contribution in [0.25, 0.3) is 0 Å². The van der Waals surface area contributed by atoms with Crippen molar-refractivity contribution in [3.05, 3.63) is 23.8 Å². The summed E-state index contributed by atoms with van der Waals surface area (Å²) in [6.07, 6.45) is 2.27. The van der Waals surface area contributed by atoms with Gasteiger partial charge >= 0.3 is 0 Å². The van der Waals surface area contributed by atoms with Crippen LogP contribution in [0.4, 0.5) is 0 Å². The molecule has 0 bridgehead atoms. The summed E-state index contributed by atoms with van der Waals surface area (Å²) in [5, 5.41) is 3.60. The molecule has 1 fully saturated rings. The topological polar surface area (TPSA) is 33.7 Å². The normalized spacial score (nSPS) is 22.2. The van der Waals surface area contributed by atoms with Gasteiger partial charge in [-0.1, -0.05) is 19.1 Å². The molecule has 3 rings (SSSR count). The monoisotopic (exact) mass is 290 g/mol. The van der Waals surface area contributed by atoms with E-state index in [9.17, 15) is 0 Å². The molecule has 0 saturated carbocycles. The summed E-state index contributed by atoms with van der Waals surface area (Å²) in [4.78, 5) is 2.53. The second kappa shape index (κ2) is 7.14. The Bertz CT molecular complexity index is 464. The van der Waals surface area contributed by atoms with Crippen molar-refractivity contribution in [3.63, 3.8) is 0 Å². The smallest absolute Gasteiger partial charge is 0.165 e. The molecule has 1 atom stereocenters. The van der Waals surface area contributed by atoms with E-state index in [2.05, 4.69) is 29.3 Å². The lowest BCUT2D eigenvalue weighted by molar-refractivity contribution is 0.295. The number of nitrogens with zero attached hydrogens (tertiary/aromatic N) is 1. The van der Waals surface area contributed by atoms with Gasteiger partial charge in [-0.15, -0.1) is 0 Å². The van der Waals surface area contributed by atoms with Crippen molar-refractivity contribution < 1.29 is 9.47 Å². The summed E-state index contributed by atoms with van der Waals surface area (Å²) in [6, 6.07) is 6.19. The molecule has 4 heteroatoms. The molecule has 0 aromatic heterocycles. The highest BCUT2D eigenvalue weighted by molar-refractivity contribution is 5.47. The van der Waals surface area contributed by atoms with Crippen molar-refractivity contribution in [1.82, 2.24) is 10.2 Å². The lowest BCUT2D eigenvalue weighted by Gasteiger charge is -2.15. The molecule has 116 valence electrons.